The molecule has 2 unspecified atom stereocenters. The van der Waals surface area contributed by atoms with Gasteiger partial charge in [0, 0.05) is 0 Å². The molecule has 0 aliphatic heterocycles. The molecular weight excluding hydrogens is 257 g/mol. The lowest BCUT2D eigenvalue weighted by Crippen LogP contribution is -2.36. The molecule has 0 bridgehead atoms. The Kier molecular flexibility index (Phi) is 3.82. The van der Waals surface area contributed by atoms with Crippen LogP contribution in [0.4, 0.5) is 21.5 Å². The van der Waals surface area contributed by atoms with E-state index < -0.39 is 11.9 Å². The van der Waals surface area contributed by atoms with E-state index in [9.17, 15) is 9.50 Å². The number of anilines is 3. The molecule has 1 aliphatic rings. The second-order valence-corrected chi connectivity index (χ2v) is 5.04. The van der Waals surface area contributed by atoms with Crippen LogP contribution in [0.15, 0.2) is 6.07 Å². The molecule has 1 fully saturated rings. The smallest absolute Gasteiger partial charge is 0.169 e. The maximum Gasteiger partial charge on any atom is 0.169 e. The van der Waals surface area contributed by atoms with Gasteiger partial charge >= 0.3 is 0 Å². The normalized spacial score (nSPS) is 23.9. The topological polar surface area (TPSA) is 84.3 Å². The number of hydrogen-bond donors (Lipinski definition) is 4. The van der Waals surface area contributed by atoms with Gasteiger partial charge < -0.3 is 21.9 Å². The van der Waals surface area contributed by atoms with E-state index in [0.29, 0.717) is 6.42 Å². The fraction of sp³-hybridized carbons (Fsp3) is 0.500. The average Bonchev–Trinajstić information content (AvgIpc) is 2.34. The highest BCUT2D eigenvalue weighted by Gasteiger charge is 2.25. The molecule has 0 spiro atoms. The number of nitrogens with two attached hydrogens (primary N) is 2. The summed E-state index contributed by atoms with van der Waals surface area (Å²) in [6.45, 7) is 0. The quantitative estimate of drug-likeness (QED) is 0.623. The Bertz CT molecular complexity index is 455. The number of aliphatic hydroxyl groups is 1. The summed E-state index contributed by atoms with van der Waals surface area (Å²) >= 11 is 5.75. The summed E-state index contributed by atoms with van der Waals surface area (Å²) in [6, 6.07) is 1.22. The van der Waals surface area contributed by atoms with Crippen LogP contribution in [0.3, 0.4) is 0 Å². The molecule has 1 aromatic rings. The Morgan fingerprint density at radius 1 is 1.28 bits per heavy atom. The highest BCUT2D eigenvalue weighted by atomic mass is 35.5. The predicted molar refractivity (Wildman–Crippen MR) is 72.1 cm³/mol. The third-order valence-electron chi connectivity index (χ3n) is 3.32. The lowest BCUT2D eigenvalue weighted by atomic mass is 9.92. The number of aliphatic hydroxyl groups excluding tert-OH is 1. The van der Waals surface area contributed by atoms with Crippen LogP contribution in [-0.4, -0.2) is 17.3 Å². The molecule has 1 aromatic carbocycles. The lowest BCUT2D eigenvalue weighted by Gasteiger charge is -2.30. The number of rotatable bonds is 2. The molecule has 1 saturated carbocycles. The SMILES string of the molecule is Nc1cc(N)c(NC2CCCCC2O)c(F)c1Cl. The summed E-state index contributed by atoms with van der Waals surface area (Å²) < 4.78 is 14.0. The molecule has 0 saturated heterocycles. The lowest BCUT2D eigenvalue weighted by molar-refractivity contribution is 0.116. The molecule has 4 nitrogen and oxygen atoms in total. The minimum Gasteiger partial charge on any atom is -0.397 e. The fourth-order valence-electron chi connectivity index (χ4n) is 2.28. The molecule has 2 atom stereocenters. The molecule has 6 N–H and O–H groups in total. The molecule has 100 valence electrons. The summed E-state index contributed by atoms with van der Waals surface area (Å²) in [5.74, 6) is -0.660. The van der Waals surface area contributed by atoms with Crippen LogP contribution in [0.2, 0.25) is 5.02 Å². The molecule has 2 rings (SSSR count). The first-order chi connectivity index (χ1) is 8.50. The summed E-state index contributed by atoms with van der Waals surface area (Å²) in [5.41, 5.74) is 11.7. The molecule has 6 heteroatoms. The van der Waals surface area contributed by atoms with Crippen molar-refractivity contribution in [1.29, 1.82) is 0 Å². The van der Waals surface area contributed by atoms with Crippen LogP contribution in [-0.2, 0) is 0 Å². The Morgan fingerprint density at radius 3 is 2.61 bits per heavy atom. The van der Waals surface area contributed by atoms with Gasteiger partial charge in [-0.25, -0.2) is 4.39 Å². The van der Waals surface area contributed by atoms with Crippen LogP contribution in [0.5, 0.6) is 0 Å². The van der Waals surface area contributed by atoms with Gasteiger partial charge in [0.15, 0.2) is 5.82 Å². The molecule has 0 amide bonds. The summed E-state index contributed by atoms with van der Waals surface area (Å²) in [6.07, 6.45) is 2.98. The first-order valence-electron chi connectivity index (χ1n) is 5.98. The zero-order valence-electron chi connectivity index (χ0n) is 9.92. The zero-order valence-corrected chi connectivity index (χ0v) is 10.7. The zero-order chi connectivity index (χ0) is 13.3. The predicted octanol–water partition coefficient (Wildman–Crippen LogP) is 2.36. The van der Waals surface area contributed by atoms with Crippen molar-refractivity contribution in [1.82, 2.24) is 0 Å². The largest absolute Gasteiger partial charge is 0.397 e. The van der Waals surface area contributed by atoms with Crippen molar-refractivity contribution in [2.75, 3.05) is 16.8 Å². The minimum absolute atomic E-state index is 0.112. The molecule has 0 radical (unpaired) electrons. The van der Waals surface area contributed by atoms with Crippen molar-refractivity contribution in [2.24, 2.45) is 0 Å². The molecular formula is C12H17ClFN3O. The van der Waals surface area contributed by atoms with Gasteiger partial charge in [-0.1, -0.05) is 24.4 Å². The number of nitrogens with one attached hydrogen (secondary N) is 1. The van der Waals surface area contributed by atoms with Gasteiger partial charge in [0.05, 0.1) is 29.2 Å². The average molecular weight is 274 g/mol. The monoisotopic (exact) mass is 273 g/mol. The van der Waals surface area contributed by atoms with Crippen LogP contribution in [0.25, 0.3) is 0 Å². The molecule has 18 heavy (non-hydrogen) atoms. The summed E-state index contributed by atoms with van der Waals surface area (Å²) in [7, 11) is 0. The van der Waals surface area contributed by atoms with Gasteiger partial charge in [0.1, 0.15) is 5.02 Å². The second kappa shape index (κ2) is 5.20. The van der Waals surface area contributed by atoms with Gasteiger partial charge in [-0.05, 0) is 18.9 Å². The van der Waals surface area contributed by atoms with E-state index in [1.807, 2.05) is 0 Å². The summed E-state index contributed by atoms with van der Waals surface area (Å²) in [5, 5.41) is 12.7. The second-order valence-electron chi connectivity index (χ2n) is 4.66. The number of nitrogen functional groups attached to an aromatic ring is 2. The first kappa shape index (κ1) is 13.2. The fourth-order valence-corrected chi connectivity index (χ4v) is 2.43. The van der Waals surface area contributed by atoms with E-state index >= 15 is 0 Å². The van der Waals surface area contributed by atoms with Crippen LogP contribution in [0, 0.1) is 5.82 Å². The van der Waals surface area contributed by atoms with Gasteiger partial charge in [0.2, 0.25) is 0 Å². The van der Waals surface area contributed by atoms with Crippen molar-refractivity contribution in [2.45, 2.75) is 37.8 Å². The third-order valence-corrected chi connectivity index (χ3v) is 3.71. The Morgan fingerprint density at radius 2 is 1.94 bits per heavy atom. The van der Waals surface area contributed by atoms with E-state index in [2.05, 4.69) is 5.32 Å². The maximum absolute atomic E-state index is 14.0. The molecule has 0 aromatic heterocycles. The maximum atomic E-state index is 14.0. The first-order valence-corrected chi connectivity index (χ1v) is 6.36. The van der Waals surface area contributed by atoms with Crippen molar-refractivity contribution in [3.63, 3.8) is 0 Å². The molecule has 1 aliphatic carbocycles. The van der Waals surface area contributed by atoms with Crippen molar-refractivity contribution in [3.8, 4) is 0 Å². The van der Waals surface area contributed by atoms with Crippen LogP contribution in [0.1, 0.15) is 25.7 Å². The van der Waals surface area contributed by atoms with E-state index in [0.717, 1.165) is 19.3 Å². The summed E-state index contributed by atoms with van der Waals surface area (Å²) in [4.78, 5) is 0. The standard InChI is InChI=1S/C12H17ClFN3O/c13-10-6(15)5-7(16)12(11(10)14)17-8-3-1-2-4-9(8)18/h5,8-9,17-18H,1-4,15-16H2. The van der Waals surface area contributed by atoms with E-state index in [1.165, 1.54) is 6.07 Å². The van der Waals surface area contributed by atoms with Gasteiger partial charge in [-0.2, -0.15) is 0 Å². The van der Waals surface area contributed by atoms with E-state index in [-0.39, 0.29) is 28.1 Å². The van der Waals surface area contributed by atoms with E-state index in [1.54, 1.807) is 0 Å². The Balaban J connectivity index is 2.26. The highest BCUT2D eigenvalue weighted by molar-refractivity contribution is 6.33. The highest BCUT2D eigenvalue weighted by Crippen LogP contribution is 2.35. The molecule has 0 heterocycles. The number of halogens is 2. The number of hydrogen-bond acceptors (Lipinski definition) is 4. The Hall–Kier alpha value is -1.20. The van der Waals surface area contributed by atoms with Crippen molar-refractivity contribution in [3.05, 3.63) is 16.9 Å². The van der Waals surface area contributed by atoms with Crippen LogP contribution < -0.4 is 16.8 Å². The van der Waals surface area contributed by atoms with Crippen molar-refractivity contribution >= 4 is 28.7 Å². The Labute approximate surface area is 110 Å². The number of benzene rings is 1. The van der Waals surface area contributed by atoms with Gasteiger partial charge in [0.25, 0.3) is 0 Å². The van der Waals surface area contributed by atoms with Gasteiger partial charge in [-0.3, -0.25) is 0 Å². The third kappa shape index (κ3) is 2.47. The van der Waals surface area contributed by atoms with E-state index in [4.69, 9.17) is 23.1 Å². The van der Waals surface area contributed by atoms with Gasteiger partial charge in [-0.15, -0.1) is 0 Å². The minimum atomic E-state index is -0.660. The van der Waals surface area contributed by atoms with Crippen molar-refractivity contribution < 1.29 is 9.50 Å². The van der Waals surface area contributed by atoms with Crippen LogP contribution >= 0.6 is 11.6 Å².